The molecule has 30 heavy (non-hydrogen) atoms. The third-order valence-corrected chi connectivity index (χ3v) is 6.80. The smallest absolute Gasteiger partial charge is 0.258 e. The molecule has 0 aliphatic rings. The minimum atomic E-state index is -3.56. The second-order valence-corrected chi connectivity index (χ2v) is 9.49. The fourth-order valence-corrected chi connectivity index (χ4v) is 4.42. The van der Waals surface area contributed by atoms with Crippen LogP contribution in [0.4, 0.5) is 0 Å². The minimum Gasteiger partial charge on any atom is -0.484 e. The zero-order valence-corrected chi connectivity index (χ0v) is 19.4. The molecule has 0 aliphatic heterocycles. The maximum absolute atomic E-state index is 12.3. The predicted molar refractivity (Wildman–Crippen MR) is 119 cm³/mol. The van der Waals surface area contributed by atoms with Gasteiger partial charge in [0.2, 0.25) is 10.0 Å². The first-order valence-electron chi connectivity index (χ1n) is 10.2. The third kappa shape index (κ3) is 6.31. The largest absolute Gasteiger partial charge is 0.484 e. The van der Waals surface area contributed by atoms with Gasteiger partial charge in [-0.15, -0.1) is 0 Å². The summed E-state index contributed by atoms with van der Waals surface area (Å²) in [5, 5.41) is 2.95. The topological polar surface area (TPSA) is 84.5 Å². The zero-order valence-electron chi connectivity index (χ0n) is 18.6. The lowest BCUT2D eigenvalue weighted by Gasteiger charge is -2.18. The lowest BCUT2D eigenvalue weighted by Crippen LogP contribution is -2.32. The number of aryl methyl sites for hydroxylation is 3. The summed E-state index contributed by atoms with van der Waals surface area (Å²) < 4.78 is 32.7. The Morgan fingerprint density at radius 3 is 2.20 bits per heavy atom. The number of benzene rings is 2. The van der Waals surface area contributed by atoms with E-state index in [4.69, 9.17) is 4.74 Å². The lowest BCUT2D eigenvalue weighted by molar-refractivity contribution is -0.123. The minimum absolute atomic E-state index is 0.139. The Morgan fingerprint density at radius 2 is 1.60 bits per heavy atom. The monoisotopic (exact) mass is 432 g/mol. The molecule has 0 saturated heterocycles. The zero-order chi connectivity index (χ0) is 22.5. The standard InChI is InChI=1S/C23H32N2O4S/c1-7-18(5)25-30(27,28)21-10-8-20(9-11-21)29-14-23(26)24-19(6)22-13-16(3)15(2)12-17(22)4/h8-13,18-19,25H,7,14H2,1-6H3,(H,24,26)/t18-,19-/m1/s1. The van der Waals surface area contributed by atoms with Crippen LogP contribution in [0, 0.1) is 20.8 Å². The van der Waals surface area contributed by atoms with Crippen molar-refractivity contribution in [3.05, 3.63) is 58.7 Å². The highest BCUT2D eigenvalue weighted by Crippen LogP contribution is 2.22. The van der Waals surface area contributed by atoms with Gasteiger partial charge in [0.1, 0.15) is 5.75 Å². The van der Waals surface area contributed by atoms with Gasteiger partial charge in [-0.3, -0.25) is 4.79 Å². The molecule has 0 aromatic heterocycles. The number of amides is 1. The average Bonchev–Trinajstić information content (AvgIpc) is 2.69. The van der Waals surface area contributed by atoms with Crippen molar-refractivity contribution in [1.29, 1.82) is 0 Å². The second kappa shape index (κ2) is 10.1. The van der Waals surface area contributed by atoms with Crippen molar-refractivity contribution in [3.8, 4) is 5.75 Å². The summed E-state index contributed by atoms with van der Waals surface area (Å²) in [5.41, 5.74) is 4.62. The van der Waals surface area contributed by atoms with Gasteiger partial charge in [0.05, 0.1) is 10.9 Å². The Balaban J connectivity index is 1.94. The summed E-state index contributed by atoms with van der Waals surface area (Å²) in [6, 6.07) is 9.98. The Bertz CT molecular complexity index is 985. The van der Waals surface area contributed by atoms with Crippen LogP contribution in [0.1, 0.15) is 55.5 Å². The summed E-state index contributed by atoms with van der Waals surface area (Å²) >= 11 is 0. The highest BCUT2D eigenvalue weighted by Gasteiger charge is 2.17. The van der Waals surface area contributed by atoms with Gasteiger partial charge in [0.15, 0.2) is 6.61 Å². The first kappa shape index (κ1) is 23.9. The molecular weight excluding hydrogens is 400 g/mol. The molecule has 0 radical (unpaired) electrons. The van der Waals surface area contributed by atoms with E-state index in [1.54, 1.807) is 12.1 Å². The van der Waals surface area contributed by atoms with E-state index in [1.165, 1.54) is 23.3 Å². The van der Waals surface area contributed by atoms with Crippen LogP contribution in [0.5, 0.6) is 5.75 Å². The first-order valence-corrected chi connectivity index (χ1v) is 11.6. The molecule has 0 heterocycles. The number of carbonyl (C=O) groups excluding carboxylic acids is 1. The number of rotatable bonds is 9. The van der Waals surface area contributed by atoms with E-state index in [0.29, 0.717) is 12.2 Å². The maximum atomic E-state index is 12.3. The van der Waals surface area contributed by atoms with E-state index < -0.39 is 10.0 Å². The molecule has 0 fully saturated rings. The fraction of sp³-hybridized carbons (Fsp3) is 0.435. The Labute approximate surface area is 180 Å². The number of hydrogen-bond donors (Lipinski definition) is 2. The van der Waals surface area contributed by atoms with Crippen LogP contribution < -0.4 is 14.8 Å². The van der Waals surface area contributed by atoms with Crippen LogP contribution in [0.3, 0.4) is 0 Å². The van der Waals surface area contributed by atoms with E-state index in [2.05, 4.69) is 36.0 Å². The molecule has 0 bridgehead atoms. The van der Waals surface area contributed by atoms with E-state index in [1.807, 2.05) is 27.7 Å². The van der Waals surface area contributed by atoms with Crippen LogP contribution in [-0.2, 0) is 14.8 Å². The van der Waals surface area contributed by atoms with Crippen LogP contribution in [0.2, 0.25) is 0 Å². The van der Waals surface area contributed by atoms with Crippen molar-refractivity contribution < 1.29 is 17.9 Å². The average molecular weight is 433 g/mol. The molecule has 0 saturated carbocycles. The van der Waals surface area contributed by atoms with E-state index >= 15 is 0 Å². The summed E-state index contributed by atoms with van der Waals surface area (Å²) in [6.45, 7) is 11.7. The van der Waals surface area contributed by atoms with Crippen molar-refractivity contribution in [1.82, 2.24) is 10.0 Å². The van der Waals surface area contributed by atoms with E-state index in [9.17, 15) is 13.2 Å². The van der Waals surface area contributed by atoms with Gasteiger partial charge in [-0.05, 0) is 87.6 Å². The highest BCUT2D eigenvalue weighted by atomic mass is 32.2. The van der Waals surface area contributed by atoms with Crippen LogP contribution in [-0.4, -0.2) is 27.0 Å². The number of carbonyl (C=O) groups is 1. The predicted octanol–water partition coefficient (Wildman–Crippen LogP) is 3.94. The van der Waals surface area contributed by atoms with Crippen molar-refractivity contribution in [2.24, 2.45) is 0 Å². The van der Waals surface area contributed by atoms with Gasteiger partial charge in [-0.1, -0.05) is 19.1 Å². The molecule has 7 heteroatoms. The summed E-state index contributed by atoms with van der Waals surface area (Å²) in [4.78, 5) is 12.5. The summed E-state index contributed by atoms with van der Waals surface area (Å²) in [5.74, 6) is 0.193. The molecule has 6 nitrogen and oxygen atoms in total. The number of ether oxygens (including phenoxy) is 1. The fourth-order valence-electron chi connectivity index (χ4n) is 3.09. The van der Waals surface area contributed by atoms with Crippen LogP contribution in [0.15, 0.2) is 41.3 Å². The van der Waals surface area contributed by atoms with E-state index in [0.717, 1.165) is 11.1 Å². The lowest BCUT2D eigenvalue weighted by atomic mass is 9.96. The molecule has 0 spiro atoms. The Morgan fingerprint density at radius 1 is 1.00 bits per heavy atom. The van der Waals surface area contributed by atoms with Gasteiger partial charge in [-0.25, -0.2) is 13.1 Å². The van der Waals surface area contributed by atoms with Gasteiger partial charge in [0.25, 0.3) is 5.91 Å². The molecule has 2 N–H and O–H groups in total. The molecule has 2 aromatic rings. The maximum Gasteiger partial charge on any atom is 0.258 e. The summed E-state index contributed by atoms with van der Waals surface area (Å²) in [6.07, 6.45) is 0.704. The van der Waals surface area contributed by atoms with Gasteiger partial charge >= 0.3 is 0 Å². The van der Waals surface area contributed by atoms with Crippen molar-refractivity contribution in [2.45, 2.75) is 64.9 Å². The van der Waals surface area contributed by atoms with Gasteiger partial charge in [0, 0.05) is 6.04 Å². The normalized spacial score (nSPS) is 13.5. The molecule has 164 valence electrons. The quantitative estimate of drug-likeness (QED) is 0.628. The number of nitrogens with one attached hydrogen (secondary N) is 2. The Hall–Kier alpha value is -2.38. The van der Waals surface area contributed by atoms with Gasteiger partial charge < -0.3 is 10.1 Å². The van der Waals surface area contributed by atoms with Gasteiger partial charge in [-0.2, -0.15) is 0 Å². The summed E-state index contributed by atoms with van der Waals surface area (Å²) in [7, 11) is -3.56. The molecule has 1 amide bonds. The molecule has 0 unspecified atom stereocenters. The first-order chi connectivity index (χ1) is 14.0. The number of sulfonamides is 1. The highest BCUT2D eigenvalue weighted by molar-refractivity contribution is 7.89. The van der Waals surface area contributed by atoms with Crippen LogP contribution >= 0.6 is 0 Å². The van der Waals surface area contributed by atoms with Crippen molar-refractivity contribution in [3.63, 3.8) is 0 Å². The molecule has 2 atom stereocenters. The van der Waals surface area contributed by atoms with Crippen molar-refractivity contribution in [2.75, 3.05) is 6.61 Å². The van der Waals surface area contributed by atoms with E-state index in [-0.39, 0.29) is 29.5 Å². The second-order valence-electron chi connectivity index (χ2n) is 7.77. The molecule has 2 rings (SSSR count). The van der Waals surface area contributed by atoms with Crippen molar-refractivity contribution >= 4 is 15.9 Å². The third-order valence-electron chi connectivity index (χ3n) is 5.20. The molecule has 2 aromatic carbocycles. The molecular formula is C23H32N2O4S. The van der Waals surface area contributed by atoms with Crippen LogP contribution in [0.25, 0.3) is 0 Å². The number of hydrogen-bond acceptors (Lipinski definition) is 4. The SMILES string of the molecule is CC[C@@H](C)NS(=O)(=O)c1ccc(OCC(=O)N[C@H](C)c2cc(C)c(C)cc2C)cc1. The molecule has 0 aliphatic carbocycles. The Kier molecular flexibility index (Phi) is 8.03.